The highest BCUT2D eigenvalue weighted by Crippen LogP contribution is 2.05. The Kier molecular flexibility index (Phi) is 36.9. The SMILES string of the molecule is CC(CN)CCCN.CC(CN)CCCNC(=O)CCCCC(=O)NCC(C)CCCN.COC(=O)CCCCC(=O)OC. The van der Waals surface area contributed by atoms with E-state index in [9.17, 15) is 19.2 Å². The molecule has 3 atom stereocenters. The second-order valence-electron chi connectivity index (χ2n) is 11.5. The van der Waals surface area contributed by atoms with Gasteiger partial charge in [-0.05, 0) is 108 Å². The lowest BCUT2D eigenvalue weighted by Crippen LogP contribution is -2.28. The summed E-state index contributed by atoms with van der Waals surface area (Å²) in [4.78, 5) is 44.6. The van der Waals surface area contributed by atoms with Gasteiger partial charge in [0.15, 0.2) is 0 Å². The molecule has 0 heterocycles. The number of methoxy groups -OCH3 is 2. The summed E-state index contributed by atoms with van der Waals surface area (Å²) in [6, 6.07) is 0. The van der Waals surface area contributed by atoms with Crippen molar-refractivity contribution < 1.29 is 28.7 Å². The molecular formula is C32H68N6O6. The average molecular weight is 633 g/mol. The van der Waals surface area contributed by atoms with Gasteiger partial charge in [0.1, 0.15) is 0 Å². The first-order valence-corrected chi connectivity index (χ1v) is 16.5. The molecule has 0 fully saturated rings. The van der Waals surface area contributed by atoms with Gasteiger partial charge in [0.2, 0.25) is 11.8 Å². The number of unbranched alkanes of at least 4 members (excludes halogenated alkanes) is 2. The Labute approximate surface area is 267 Å². The average Bonchev–Trinajstić information content (AvgIpc) is 3.03. The Hall–Kier alpha value is -2.28. The summed E-state index contributed by atoms with van der Waals surface area (Å²) in [6.07, 6.45) is 10.9. The predicted molar refractivity (Wildman–Crippen MR) is 178 cm³/mol. The molecule has 0 aromatic rings. The molecule has 0 saturated carbocycles. The van der Waals surface area contributed by atoms with Crippen LogP contribution in [0.2, 0.25) is 0 Å². The van der Waals surface area contributed by atoms with E-state index in [0.29, 0.717) is 82.5 Å². The fourth-order valence-electron chi connectivity index (χ4n) is 3.73. The Morgan fingerprint density at radius 3 is 1.34 bits per heavy atom. The number of esters is 2. The number of carbonyl (C=O) groups excluding carboxylic acids is 4. The summed E-state index contributed by atoms with van der Waals surface area (Å²) in [6.45, 7) is 10.8. The van der Waals surface area contributed by atoms with Crippen molar-refractivity contribution in [3.05, 3.63) is 0 Å². The summed E-state index contributed by atoms with van der Waals surface area (Å²) >= 11 is 0. The molecule has 0 radical (unpaired) electrons. The first-order chi connectivity index (χ1) is 21.0. The first kappa shape index (κ1) is 46.1. The zero-order valence-electron chi connectivity index (χ0n) is 28.6. The van der Waals surface area contributed by atoms with Gasteiger partial charge < -0.3 is 43.0 Å². The Balaban J connectivity index is -0.000000692. The van der Waals surface area contributed by atoms with Gasteiger partial charge in [-0.15, -0.1) is 0 Å². The molecule has 12 heteroatoms. The van der Waals surface area contributed by atoms with Gasteiger partial charge >= 0.3 is 11.9 Å². The maximum atomic E-state index is 11.7. The molecule has 12 nitrogen and oxygen atoms in total. The third kappa shape index (κ3) is 37.7. The highest BCUT2D eigenvalue weighted by atomic mass is 16.5. The van der Waals surface area contributed by atoms with Gasteiger partial charge in [0.25, 0.3) is 0 Å². The van der Waals surface area contributed by atoms with Crippen molar-refractivity contribution in [2.24, 2.45) is 40.7 Å². The number of ether oxygens (including phenoxy) is 2. The van der Waals surface area contributed by atoms with Crippen LogP contribution in [0, 0.1) is 17.8 Å². The van der Waals surface area contributed by atoms with Crippen molar-refractivity contribution >= 4 is 23.8 Å². The summed E-state index contributed by atoms with van der Waals surface area (Å²) in [5, 5.41) is 5.87. The topological polar surface area (TPSA) is 215 Å². The number of rotatable bonds is 24. The highest BCUT2D eigenvalue weighted by molar-refractivity contribution is 5.77. The quantitative estimate of drug-likeness (QED) is 0.0675. The molecule has 0 aromatic carbocycles. The van der Waals surface area contributed by atoms with Crippen LogP contribution in [-0.2, 0) is 28.7 Å². The van der Waals surface area contributed by atoms with E-state index in [1.165, 1.54) is 20.6 Å². The van der Waals surface area contributed by atoms with E-state index in [1.807, 2.05) is 0 Å². The third-order valence-corrected chi connectivity index (χ3v) is 6.98. The van der Waals surface area contributed by atoms with Crippen LogP contribution in [0.3, 0.4) is 0 Å². The monoisotopic (exact) mass is 633 g/mol. The van der Waals surface area contributed by atoms with E-state index in [1.54, 1.807) is 0 Å². The Morgan fingerprint density at radius 1 is 0.545 bits per heavy atom. The third-order valence-electron chi connectivity index (χ3n) is 6.98. The van der Waals surface area contributed by atoms with Crippen molar-refractivity contribution in [1.29, 1.82) is 0 Å². The van der Waals surface area contributed by atoms with Gasteiger partial charge in [-0.25, -0.2) is 0 Å². The van der Waals surface area contributed by atoms with Crippen LogP contribution >= 0.6 is 0 Å². The molecule has 10 N–H and O–H groups in total. The molecule has 262 valence electrons. The highest BCUT2D eigenvalue weighted by Gasteiger charge is 2.07. The lowest BCUT2D eigenvalue weighted by Gasteiger charge is -2.12. The summed E-state index contributed by atoms with van der Waals surface area (Å²) in [5.74, 6) is 1.30. The molecule has 0 aliphatic carbocycles. The van der Waals surface area contributed by atoms with Crippen molar-refractivity contribution in [3.63, 3.8) is 0 Å². The van der Waals surface area contributed by atoms with E-state index in [-0.39, 0.29) is 23.8 Å². The summed E-state index contributed by atoms with van der Waals surface area (Å²) < 4.78 is 8.86. The molecular weight excluding hydrogens is 564 g/mol. The van der Waals surface area contributed by atoms with Crippen molar-refractivity contribution in [3.8, 4) is 0 Å². The molecule has 0 aliphatic heterocycles. The van der Waals surface area contributed by atoms with Crippen LogP contribution in [-0.4, -0.2) is 77.2 Å². The minimum Gasteiger partial charge on any atom is -0.469 e. The largest absolute Gasteiger partial charge is 0.469 e. The van der Waals surface area contributed by atoms with Crippen LogP contribution in [0.4, 0.5) is 0 Å². The molecule has 44 heavy (non-hydrogen) atoms. The van der Waals surface area contributed by atoms with Crippen LogP contribution in [0.1, 0.15) is 111 Å². The van der Waals surface area contributed by atoms with E-state index in [2.05, 4.69) is 40.9 Å². The Morgan fingerprint density at radius 2 is 0.932 bits per heavy atom. The van der Waals surface area contributed by atoms with Gasteiger partial charge in [-0.2, -0.15) is 0 Å². The molecule has 2 amide bonds. The number of carbonyl (C=O) groups is 4. The Bertz CT molecular complexity index is 680. The molecule has 0 spiro atoms. The second kappa shape index (κ2) is 35.2. The second-order valence-corrected chi connectivity index (χ2v) is 11.5. The maximum Gasteiger partial charge on any atom is 0.305 e. The van der Waals surface area contributed by atoms with Gasteiger partial charge in [-0.1, -0.05) is 20.8 Å². The van der Waals surface area contributed by atoms with Gasteiger partial charge in [0.05, 0.1) is 14.2 Å². The smallest absolute Gasteiger partial charge is 0.305 e. The lowest BCUT2D eigenvalue weighted by molar-refractivity contribution is -0.142. The number of hydrogen-bond acceptors (Lipinski definition) is 10. The van der Waals surface area contributed by atoms with E-state index < -0.39 is 0 Å². The van der Waals surface area contributed by atoms with Crippen molar-refractivity contribution in [2.75, 3.05) is 53.5 Å². The normalized spacial score (nSPS) is 12.3. The number of nitrogens with one attached hydrogen (secondary N) is 2. The van der Waals surface area contributed by atoms with Crippen LogP contribution in [0.5, 0.6) is 0 Å². The number of amides is 2. The zero-order valence-corrected chi connectivity index (χ0v) is 28.6. The molecule has 0 aliphatic rings. The zero-order chi connectivity index (χ0) is 34.0. The summed E-state index contributed by atoms with van der Waals surface area (Å²) in [5.41, 5.74) is 21.7. The van der Waals surface area contributed by atoms with E-state index >= 15 is 0 Å². The van der Waals surface area contributed by atoms with Crippen LogP contribution < -0.4 is 33.6 Å². The number of hydrogen-bond donors (Lipinski definition) is 6. The van der Waals surface area contributed by atoms with E-state index in [0.717, 1.165) is 58.0 Å². The maximum absolute atomic E-state index is 11.7. The minimum atomic E-state index is -0.236. The number of nitrogens with two attached hydrogens (primary N) is 4. The predicted octanol–water partition coefficient (Wildman–Crippen LogP) is 2.74. The van der Waals surface area contributed by atoms with Crippen LogP contribution in [0.25, 0.3) is 0 Å². The first-order valence-electron chi connectivity index (χ1n) is 16.5. The summed E-state index contributed by atoms with van der Waals surface area (Å²) in [7, 11) is 2.70. The fraction of sp³-hybridized carbons (Fsp3) is 0.875. The van der Waals surface area contributed by atoms with Crippen LogP contribution in [0.15, 0.2) is 0 Å². The van der Waals surface area contributed by atoms with Gasteiger partial charge in [-0.3, -0.25) is 19.2 Å². The van der Waals surface area contributed by atoms with Gasteiger partial charge in [0, 0.05) is 38.8 Å². The fourth-order valence-corrected chi connectivity index (χ4v) is 3.73. The molecule has 0 aromatic heterocycles. The molecule has 0 rings (SSSR count). The lowest BCUT2D eigenvalue weighted by atomic mass is 10.1. The molecule has 3 unspecified atom stereocenters. The minimum absolute atomic E-state index is 0.0748. The molecule has 0 saturated heterocycles. The standard InChI is InChI=1S/C18H38N4O2.C8H14O4.C6H16N2/c1-15(13-20)8-6-12-21-17(23)9-3-4-10-18(24)22-14-16(2)7-5-11-19;1-11-7(9)5-3-4-6-8(10)12-2;1-6(5-8)3-2-4-7/h15-16H,3-14,19-20H2,1-2H3,(H,21,23)(H,22,24);3-6H2,1-2H3;6H,2-5,7-8H2,1H3. The van der Waals surface area contributed by atoms with Crippen molar-refractivity contribution in [2.45, 2.75) is 111 Å². The van der Waals surface area contributed by atoms with E-state index in [4.69, 9.17) is 22.9 Å². The van der Waals surface area contributed by atoms with Crippen molar-refractivity contribution in [1.82, 2.24) is 10.6 Å². The molecule has 0 bridgehead atoms.